The second-order valence-electron chi connectivity index (χ2n) is 5.52. The first-order valence-electron chi connectivity index (χ1n) is 6.42. The van der Waals surface area contributed by atoms with E-state index >= 15 is 0 Å². The van der Waals surface area contributed by atoms with Gasteiger partial charge in [0.1, 0.15) is 21.0 Å². The van der Waals surface area contributed by atoms with Gasteiger partial charge in [0.2, 0.25) is 0 Å². The number of hydrogen-bond donors (Lipinski definition) is 0. The predicted octanol–water partition coefficient (Wildman–Crippen LogP) is 1.24. The van der Waals surface area contributed by atoms with Crippen LogP contribution in [0.15, 0.2) is 30.3 Å². The number of rotatable bonds is 4. The maximum Gasteiger partial charge on any atom is 0.129 e. The van der Waals surface area contributed by atoms with Crippen LogP contribution >= 0.6 is 0 Å². The SMILES string of the molecule is COC(CCc1ccccc1)C(C)(C)C.[SiH3]O[SiH3]. The molecule has 0 radical (unpaired) electrons. The quantitative estimate of drug-likeness (QED) is 0.775. The Labute approximate surface area is 118 Å². The molecule has 0 aliphatic carbocycles. The molecule has 4 heteroatoms. The molecule has 1 rings (SSSR count). The van der Waals surface area contributed by atoms with E-state index in [0.717, 1.165) is 33.8 Å². The summed E-state index contributed by atoms with van der Waals surface area (Å²) in [5, 5.41) is 0. The van der Waals surface area contributed by atoms with Crippen LogP contribution in [-0.2, 0) is 15.3 Å². The average molecular weight is 285 g/mol. The van der Waals surface area contributed by atoms with Crippen LogP contribution in [0.4, 0.5) is 0 Å². The standard InChI is InChI=1S/C14H22O.H6OSi2/c1-14(2,3)13(15-4)11-10-12-8-6-5-7-9-12;2-1-3/h5-9,13H,10-11H2,1-4H3;2-3H3. The Morgan fingerprint density at radius 1 is 1.11 bits per heavy atom. The van der Waals surface area contributed by atoms with Crippen molar-refractivity contribution in [3.63, 3.8) is 0 Å². The summed E-state index contributed by atoms with van der Waals surface area (Å²) in [6.07, 6.45) is 2.51. The van der Waals surface area contributed by atoms with Gasteiger partial charge in [-0.3, -0.25) is 0 Å². The van der Waals surface area contributed by atoms with Gasteiger partial charge in [0.05, 0.1) is 6.10 Å². The summed E-state index contributed by atoms with van der Waals surface area (Å²) >= 11 is 0. The maximum atomic E-state index is 5.54. The summed E-state index contributed by atoms with van der Waals surface area (Å²) in [5.74, 6) is 0. The number of hydrogen-bond acceptors (Lipinski definition) is 2. The minimum atomic E-state index is 0.226. The Hall–Kier alpha value is -0.426. The van der Waals surface area contributed by atoms with Gasteiger partial charge < -0.3 is 8.85 Å². The van der Waals surface area contributed by atoms with Gasteiger partial charge in [-0.2, -0.15) is 0 Å². The molecule has 0 saturated heterocycles. The van der Waals surface area contributed by atoms with Gasteiger partial charge in [-0.1, -0.05) is 51.1 Å². The molecular formula is C14H28O2Si2. The fraction of sp³-hybridized carbons (Fsp3) is 0.571. The van der Waals surface area contributed by atoms with E-state index in [1.807, 2.05) is 0 Å². The molecule has 2 nitrogen and oxygen atoms in total. The Kier molecular flexibility index (Phi) is 9.27. The third-order valence-corrected chi connectivity index (χ3v) is 2.79. The Morgan fingerprint density at radius 2 is 1.61 bits per heavy atom. The molecule has 0 heterocycles. The van der Waals surface area contributed by atoms with Crippen LogP contribution in [0.3, 0.4) is 0 Å². The normalized spacial score (nSPS) is 12.9. The van der Waals surface area contributed by atoms with Crippen LogP contribution in [0.2, 0.25) is 0 Å². The molecule has 0 aliphatic heterocycles. The van der Waals surface area contributed by atoms with Gasteiger partial charge in [-0.05, 0) is 23.8 Å². The van der Waals surface area contributed by atoms with Crippen molar-refractivity contribution in [3.8, 4) is 0 Å². The topological polar surface area (TPSA) is 18.5 Å². The highest BCUT2D eigenvalue weighted by Crippen LogP contribution is 2.25. The zero-order valence-corrected chi connectivity index (χ0v) is 16.7. The van der Waals surface area contributed by atoms with E-state index in [0.29, 0.717) is 6.10 Å². The van der Waals surface area contributed by atoms with Crippen molar-refractivity contribution < 1.29 is 8.85 Å². The second-order valence-corrected chi connectivity index (χ2v) is 8.79. The first-order valence-corrected chi connectivity index (χ1v) is 8.05. The van der Waals surface area contributed by atoms with E-state index in [2.05, 4.69) is 55.2 Å². The predicted molar refractivity (Wildman–Crippen MR) is 86.0 cm³/mol. The molecule has 1 aromatic rings. The average Bonchev–Trinajstić information content (AvgIpc) is 2.30. The van der Waals surface area contributed by atoms with Gasteiger partial charge in [0.25, 0.3) is 0 Å². The van der Waals surface area contributed by atoms with Crippen molar-refractivity contribution in [1.82, 2.24) is 0 Å². The molecule has 0 amide bonds. The Morgan fingerprint density at radius 3 is 2.00 bits per heavy atom. The van der Waals surface area contributed by atoms with Crippen molar-refractivity contribution in [3.05, 3.63) is 35.9 Å². The summed E-state index contributed by atoms with van der Waals surface area (Å²) in [7, 11) is 3.67. The van der Waals surface area contributed by atoms with Crippen molar-refractivity contribution in [2.24, 2.45) is 5.41 Å². The summed E-state index contributed by atoms with van der Waals surface area (Å²) in [4.78, 5) is 0. The van der Waals surface area contributed by atoms with Crippen molar-refractivity contribution in [2.75, 3.05) is 7.11 Å². The van der Waals surface area contributed by atoms with Crippen LogP contribution in [-0.4, -0.2) is 34.2 Å². The monoisotopic (exact) mass is 284 g/mol. The van der Waals surface area contributed by atoms with Crippen LogP contribution in [0.1, 0.15) is 32.8 Å². The largest absolute Gasteiger partial charge is 0.471 e. The lowest BCUT2D eigenvalue weighted by Crippen LogP contribution is -2.28. The van der Waals surface area contributed by atoms with E-state index < -0.39 is 0 Å². The van der Waals surface area contributed by atoms with Gasteiger partial charge in [-0.25, -0.2) is 0 Å². The van der Waals surface area contributed by atoms with Gasteiger partial charge >= 0.3 is 0 Å². The van der Waals surface area contributed by atoms with E-state index in [1.165, 1.54) is 5.56 Å². The van der Waals surface area contributed by atoms with Gasteiger partial charge in [0, 0.05) is 7.11 Å². The van der Waals surface area contributed by atoms with Gasteiger partial charge in [0.15, 0.2) is 0 Å². The molecule has 1 aromatic carbocycles. The molecule has 0 aliphatic rings. The van der Waals surface area contributed by atoms with Crippen molar-refractivity contribution in [1.29, 1.82) is 0 Å². The lowest BCUT2D eigenvalue weighted by Gasteiger charge is -2.29. The minimum Gasteiger partial charge on any atom is -0.471 e. The Balaban J connectivity index is 0.000000873. The fourth-order valence-corrected chi connectivity index (χ4v) is 1.85. The summed E-state index contributed by atoms with van der Waals surface area (Å²) in [6.45, 7) is 6.68. The molecule has 0 N–H and O–H groups in total. The lowest BCUT2D eigenvalue weighted by atomic mass is 9.85. The highest BCUT2D eigenvalue weighted by atomic mass is 28.3. The molecule has 1 atom stereocenters. The Bertz CT molecular complexity index is 296. The third kappa shape index (κ3) is 7.81. The summed E-state index contributed by atoms with van der Waals surface area (Å²) in [6, 6.07) is 10.6. The third-order valence-electron chi connectivity index (χ3n) is 2.79. The van der Waals surface area contributed by atoms with Crippen molar-refractivity contribution >= 4 is 21.0 Å². The molecule has 0 saturated carbocycles. The fourth-order valence-electron chi connectivity index (χ4n) is 1.85. The molecule has 104 valence electrons. The van der Waals surface area contributed by atoms with Crippen LogP contribution in [0.25, 0.3) is 0 Å². The smallest absolute Gasteiger partial charge is 0.129 e. The van der Waals surface area contributed by atoms with Crippen LogP contribution in [0, 0.1) is 5.41 Å². The molecule has 1 unspecified atom stereocenters. The number of methoxy groups -OCH3 is 1. The first kappa shape index (κ1) is 17.6. The number of aryl methyl sites for hydroxylation is 1. The molecule has 0 bridgehead atoms. The zero-order valence-electron chi connectivity index (χ0n) is 12.7. The summed E-state index contributed by atoms with van der Waals surface area (Å²) in [5.41, 5.74) is 1.62. The summed E-state index contributed by atoms with van der Waals surface area (Å²) < 4.78 is 10.1. The maximum absolute atomic E-state index is 5.54. The number of benzene rings is 1. The van der Waals surface area contributed by atoms with Crippen molar-refractivity contribution in [2.45, 2.75) is 39.7 Å². The molecule has 0 spiro atoms. The van der Waals surface area contributed by atoms with E-state index in [9.17, 15) is 0 Å². The van der Waals surface area contributed by atoms with E-state index in [4.69, 9.17) is 4.74 Å². The molecule has 18 heavy (non-hydrogen) atoms. The highest BCUT2D eigenvalue weighted by molar-refractivity contribution is 6.15. The van der Waals surface area contributed by atoms with Crippen LogP contribution < -0.4 is 0 Å². The minimum absolute atomic E-state index is 0.226. The molecular weight excluding hydrogens is 256 g/mol. The second kappa shape index (κ2) is 9.50. The van der Waals surface area contributed by atoms with E-state index in [1.54, 1.807) is 7.11 Å². The highest BCUT2D eigenvalue weighted by Gasteiger charge is 2.23. The lowest BCUT2D eigenvalue weighted by molar-refractivity contribution is 0.0110. The van der Waals surface area contributed by atoms with Crippen LogP contribution in [0.5, 0.6) is 0 Å². The number of ether oxygens (including phenoxy) is 1. The zero-order chi connectivity index (χ0) is 14.0. The van der Waals surface area contributed by atoms with E-state index in [-0.39, 0.29) is 5.41 Å². The first-order chi connectivity index (χ1) is 8.45. The molecule has 0 aromatic heterocycles. The van der Waals surface area contributed by atoms with Gasteiger partial charge in [-0.15, -0.1) is 0 Å². The molecule has 0 fully saturated rings.